The lowest BCUT2D eigenvalue weighted by atomic mass is 9.88. The largest absolute Gasteiger partial charge is 0.462 e. The van der Waals surface area contributed by atoms with Crippen LogP contribution in [0.4, 0.5) is 10.0 Å². The van der Waals surface area contributed by atoms with Crippen LogP contribution in [0.1, 0.15) is 114 Å². The molecule has 2 aromatic heterocycles. The van der Waals surface area contributed by atoms with Crippen LogP contribution in [0.3, 0.4) is 0 Å². The van der Waals surface area contributed by atoms with Crippen molar-refractivity contribution < 1.29 is 28.7 Å². The SMILES string of the molecule is CCCOC(=O)c1c(NC(=O)CCCC(=O)Nc2sc3c(c2C(=O)OCCC)CC[C@H](C)C3)sc2c1CC[C@H](C)C2. The van der Waals surface area contributed by atoms with Crippen molar-refractivity contribution in [1.82, 2.24) is 0 Å². The van der Waals surface area contributed by atoms with Gasteiger partial charge in [-0.25, -0.2) is 9.59 Å². The van der Waals surface area contributed by atoms with Gasteiger partial charge in [-0.05, 0) is 80.8 Å². The van der Waals surface area contributed by atoms with Crippen molar-refractivity contribution in [2.24, 2.45) is 11.8 Å². The minimum atomic E-state index is -0.380. The van der Waals surface area contributed by atoms with Crippen molar-refractivity contribution >= 4 is 56.4 Å². The molecular formula is C31H42N2O6S2. The molecule has 2 aromatic rings. The predicted octanol–water partition coefficient (Wildman–Crippen LogP) is 6.94. The molecule has 2 aliphatic rings. The van der Waals surface area contributed by atoms with Crippen LogP contribution in [0.25, 0.3) is 0 Å². The van der Waals surface area contributed by atoms with Gasteiger partial charge in [0.1, 0.15) is 10.0 Å². The summed E-state index contributed by atoms with van der Waals surface area (Å²) in [5, 5.41) is 6.96. The Kier molecular flexibility index (Phi) is 11.0. The lowest BCUT2D eigenvalue weighted by molar-refractivity contribution is -0.117. The van der Waals surface area contributed by atoms with Crippen LogP contribution < -0.4 is 10.6 Å². The van der Waals surface area contributed by atoms with Crippen LogP contribution in [0.5, 0.6) is 0 Å². The fourth-order valence-corrected chi connectivity index (χ4v) is 8.26. The number of anilines is 2. The van der Waals surface area contributed by atoms with Crippen LogP contribution in [0, 0.1) is 11.8 Å². The van der Waals surface area contributed by atoms with E-state index in [2.05, 4.69) is 24.5 Å². The fraction of sp³-hybridized carbons (Fsp3) is 0.613. The van der Waals surface area contributed by atoms with Gasteiger partial charge in [-0.1, -0.05) is 27.7 Å². The van der Waals surface area contributed by atoms with E-state index in [0.717, 1.165) is 72.2 Å². The summed E-state index contributed by atoms with van der Waals surface area (Å²) in [6.07, 6.45) is 7.48. The summed E-state index contributed by atoms with van der Waals surface area (Å²) in [6.45, 7) is 8.97. The lowest BCUT2D eigenvalue weighted by Gasteiger charge is -2.18. The summed E-state index contributed by atoms with van der Waals surface area (Å²) in [5.74, 6) is -0.162. The molecular weight excluding hydrogens is 560 g/mol. The second kappa shape index (κ2) is 14.4. The van der Waals surface area contributed by atoms with Gasteiger partial charge in [-0.2, -0.15) is 0 Å². The molecule has 8 nitrogen and oxygen atoms in total. The normalized spacial score (nSPS) is 17.8. The smallest absolute Gasteiger partial charge is 0.341 e. The average molecular weight is 603 g/mol. The molecule has 2 heterocycles. The Morgan fingerprint density at radius 1 is 0.732 bits per heavy atom. The Morgan fingerprint density at radius 3 is 1.54 bits per heavy atom. The molecule has 0 saturated heterocycles. The number of fused-ring (bicyclic) bond motifs is 2. The molecule has 0 spiro atoms. The molecule has 4 rings (SSSR count). The van der Waals surface area contributed by atoms with Crippen LogP contribution >= 0.6 is 22.7 Å². The molecule has 0 radical (unpaired) electrons. The maximum atomic E-state index is 12.9. The van der Waals surface area contributed by atoms with E-state index in [0.29, 0.717) is 52.6 Å². The van der Waals surface area contributed by atoms with Gasteiger partial charge >= 0.3 is 11.9 Å². The number of ether oxygens (including phenoxy) is 2. The number of esters is 2. The Balaban J connectivity index is 1.37. The molecule has 2 N–H and O–H groups in total. The van der Waals surface area contributed by atoms with E-state index in [9.17, 15) is 19.2 Å². The number of thiophene rings is 2. The maximum Gasteiger partial charge on any atom is 0.341 e. The van der Waals surface area contributed by atoms with Crippen LogP contribution in [-0.4, -0.2) is 37.0 Å². The minimum absolute atomic E-state index is 0.139. The van der Waals surface area contributed by atoms with Crippen molar-refractivity contribution in [3.05, 3.63) is 32.0 Å². The molecule has 2 atom stereocenters. The van der Waals surface area contributed by atoms with E-state index in [1.807, 2.05) is 13.8 Å². The third-order valence-electron chi connectivity index (χ3n) is 7.62. The molecule has 41 heavy (non-hydrogen) atoms. The van der Waals surface area contributed by atoms with E-state index < -0.39 is 0 Å². The molecule has 2 aliphatic carbocycles. The number of carbonyl (C=O) groups is 4. The lowest BCUT2D eigenvalue weighted by Crippen LogP contribution is -2.18. The van der Waals surface area contributed by atoms with Crippen molar-refractivity contribution in [3.8, 4) is 0 Å². The van der Waals surface area contributed by atoms with Gasteiger partial charge in [0.25, 0.3) is 0 Å². The molecule has 0 saturated carbocycles. The van der Waals surface area contributed by atoms with Crippen LogP contribution in [0.15, 0.2) is 0 Å². The number of hydrogen-bond acceptors (Lipinski definition) is 8. The molecule has 2 amide bonds. The van der Waals surface area contributed by atoms with E-state index in [1.165, 1.54) is 22.7 Å². The van der Waals surface area contributed by atoms with E-state index >= 15 is 0 Å². The first-order valence-corrected chi connectivity index (χ1v) is 16.6. The van der Waals surface area contributed by atoms with Crippen molar-refractivity contribution in [1.29, 1.82) is 0 Å². The Bertz CT molecular complexity index is 1180. The molecule has 0 aliphatic heterocycles. The number of amides is 2. The molecule has 0 fully saturated rings. The van der Waals surface area contributed by atoms with Gasteiger partial charge in [-0.3, -0.25) is 9.59 Å². The highest BCUT2D eigenvalue weighted by molar-refractivity contribution is 7.17. The van der Waals surface area contributed by atoms with Crippen LogP contribution in [0.2, 0.25) is 0 Å². The Morgan fingerprint density at radius 2 is 1.15 bits per heavy atom. The molecule has 0 unspecified atom stereocenters. The highest BCUT2D eigenvalue weighted by atomic mass is 32.1. The van der Waals surface area contributed by atoms with Crippen molar-refractivity contribution in [3.63, 3.8) is 0 Å². The number of rotatable bonds is 12. The summed E-state index contributed by atoms with van der Waals surface area (Å²) < 4.78 is 10.9. The number of hydrogen-bond donors (Lipinski definition) is 2. The van der Waals surface area contributed by atoms with Gasteiger partial charge in [0.05, 0.1) is 24.3 Å². The highest BCUT2D eigenvalue weighted by Gasteiger charge is 2.30. The van der Waals surface area contributed by atoms with Gasteiger partial charge in [0, 0.05) is 22.6 Å². The number of carbonyl (C=O) groups excluding carboxylic acids is 4. The third-order valence-corrected chi connectivity index (χ3v) is 9.96. The van der Waals surface area contributed by atoms with Gasteiger partial charge in [-0.15, -0.1) is 22.7 Å². The quantitative estimate of drug-likeness (QED) is 0.255. The molecule has 0 bridgehead atoms. The summed E-state index contributed by atoms with van der Waals surface area (Å²) in [5.41, 5.74) is 3.00. The van der Waals surface area contributed by atoms with E-state index in [4.69, 9.17) is 9.47 Å². The fourth-order valence-electron chi connectivity index (χ4n) is 5.43. The third kappa shape index (κ3) is 7.77. The summed E-state index contributed by atoms with van der Waals surface area (Å²) >= 11 is 2.93. The standard InChI is InChI=1S/C31H42N2O6S2/c1-5-14-38-30(36)26-20-12-10-18(3)16-22(20)40-28(26)32-24(34)8-7-9-25(35)33-29-27(31(37)39-15-6-2)21-13-11-19(4)17-23(21)41-29/h18-19H,5-17H2,1-4H3,(H,32,34)(H,33,35)/t18-,19-/m0/s1. The first-order valence-electron chi connectivity index (χ1n) is 14.9. The summed E-state index contributed by atoms with van der Waals surface area (Å²) in [6, 6.07) is 0. The minimum Gasteiger partial charge on any atom is -0.462 e. The molecule has 10 heteroatoms. The van der Waals surface area contributed by atoms with Crippen LogP contribution in [-0.2, 0) is 44.7 Å². The van der Waals surface area contributed by atoms with Gasteiger partial charge in [0.15, 0.2) is 0 Å². The zero-order valence-electron chi connectivity index (χ0n) is 24.6. The average Bonchev–Trinajstić information content (AvgIpc) is 3.46. The Labute approximate surface area is 250 Å². The highest BCUT2D eigenvalue weighted by Crippen LogP contribution is 2.41. The zero-order valence-corrected chi connectivity index (χ0v) is 26.2. The Hall–Kier alpha value is -2.72. The second-order valence-corrected chi connectivity index (χ2v) is 13.5. The second-order valence-electron chi connectivity index (χ2n) is 11.3. The van der Waals surface area contributed by atoms with E-state index in [1.54, 1.807) is 0 Å². The first-order chi connectivity index (χ1) is 19.7. The van der Waals surface area contributed by atoms with Crippen molar-refractivity contribution in [2.45, 2.75) is 98.3 Å². The zero-order chi connectivity index (χ0) is 29.5. The monoisotopic (exact) mass is 602 g/mol. The van der Waals surface area contributed by atoms with Gasteiger partial charge < -0.3 is 20.1 Å². The topological polar surface area (TPSA) is 111 Å². The molecule has 0 aromatic carbocycles. The van der Waals surface area contributed by atoms with Gasteiger partial charge in [0.2, 0.25) is 11.8 Å². The summed E-state index contributed by atoms with van der Waals surface area (Å²) in [7, 11) is 0. The summed E-state index contributed by atoms with van der Waals surface area (Å²) in [4.78, 5) is 53.8. The maximum absolute atomic E-state index is 12.9. The number of nitrogens with one attached hydrogen (secondary N) is 2. The molecule has 224 valence electrons. The predicted molar refractivity (Wildman–Crippen MR) is 163 cm³/mol. The first kappa shape index (κ1) is 31.2. The van der Waals surface area contributed by atoms with Crippen molar-refractivity contribution in [2.75, 3.05) is 23.8 Å². The van der Waals surface area contributed by atoms with E-state index in [-0.39, 0.29) is 36.6 Å².